The first-order valence-electron chi connectivity index (χ1n) is 10.7. The van der Waals surface area contributed by atoms with Crippen LogP contribution >= 0.6 is 0 Å². The van der Waals surface area contributed by atoms with Gasteiger partial charge in [0, 0.05) is 19.1 Å². The SMILES string of the molecule is Cc1c(C)c(C)c(S(=O)(=O)NCCC(=O)OCC(=O)N(C)CC(=O)NC(C)(C)C)c(C)c1C. The zero-order valence-electron chi connectivity index (χ0n) is 21.1. The average molecular weight is 484 g/mol. The van der Waals surface area contributed by atoms with Crippen LogP contribution < -0.4 is 10.0 Å². The minimum atomic E-state index is -3.83. The Hall–Kier alpha value is -2.46. The predicted octanol–water partition coefficient (Wildman–Crippen LogP) is 1.81. The molecule has 0 heterocycles. The van der Waals surface area contributed by atoms with Crippen LogP contribution in [0.1, 0.15) is 55.0 Å². The number of sulfonamides is 1. The van der Waals surface area contributed by atoms with Crippen LogP contribution in [0.5, 0.6) is 0 Å². The molecule has 0 aliphatic heterocycles. The van der Waals surface area contributed by atoms with Gasteiger partial charge in [-0.1, -0.05) is 0 Å². The summed E-state index contributed by atoms with van der Waals surface area (Å²) < 4.78 is 33.1. The first-order valence-corrected chi connectivity index (χ1v) is 12.2. The summed E-state index contributed by atoms with van der Waals surface area (Å²) in [4.78, 5) is 37.3. The quantitative estimate of drug-likeness (QED) is 0.517. The number of hydrogen-bond acceptors (Lipinski definition) is 6. The molecule has 0 saturated carbocycles. The van der Waals surface area contributed by atoms with E-state index in [1.54, 1.807) is 13.8 Å². The maximum atomic E-state index is 12.9. The molecule has 1 rings (SSSR count). The fourth-order valence-corrected chi connectivity index (χ4v) is 4.94. The predicted molar refractivity (Wildman–Crippen MR) is 126 cm³/mol. The summed E-state index contributed by atoms with van der Waals surface area (Å²) in [6.45, 7) is 13.9. The van der Waals surface area contributed by atoms with Crippen molar-refractivity contribution < 1.29 is 27.5 Å². The van der Waals surface area contributed by atoms with Crippen molar-refractivity contribution >= 4 is 27.8 Å². The molecule has 0 unspecified atom stereocenters. The largest absolute Gasteiger partial charge is 0.456 e. The number of nitrogens with one attached hydrogen (secondary N) is 2. The minimum Gasteiger partial charge on any atom is -0.456 e. The topological polar surface area (TPSA) is 122 Å². The number of ether oxygens (including phenoxy) is 1. The van der Waals surface area contributed by atoms with Crippen LogP contribution in [0.2, 0.25) is 0 Å². The van der Waals surface area contributed by atoms with Gasteiger partial charge < -0.3 is 15.0 Å². The van der Waals surface area contributed by atoms with Crippen molar-refractivity contribution in [2.45, 2.75) is 72.2 Å². The van der Waals surface area contributed by atoms with Crippen molar-refractivity contribution in [2.24, 2.45) is 0 Å². The summed E-state index contributed by atoms with van der Waals surface area (Å²) in [5, 5.41) is 2.74. The lowest BCUT2D eigenvalue weighted by Gasteiger charge is -2.23. The highest BCUT2D eigenvalue weighted by Crippen LogP contribution is 2.29. The van der Waals surface area contributed by atoms with Gasteiger partial charge in [0.05, 0.1) is 17.9 Å². The van der Waals surface area contributed by atoms with Gasteiger partial charge in [-0.2, -0.15) is 0 Å². The Bertz CT molecular complexity index is 997. The van der Waals surface area contributed by atoms with Crippen LogP contribution in [0.25, 0.3) is 0 Å². The van der Waals surface area contributed by atoms with E-state index in [1.165, 1.54) is 7.05 Å². The maximum absolute atomic E-state index is 12.9. The van der Waals surface area contributed by atoms with Crippen LogP contribution in [0.4, 0.5) is 0 Å². The Morgan fingerprint density at radius 1 is 0.909 bits per heavy atom. The van der Waals surface area contributed by atoms with Crippen LogP contribution in [0.3, 0.4) is 0 Å². The normalized spacial score (nSPS) is 11.8. The molecule has 0 aliphatic carbocycles. The lowest BCUT2D eigenvalue weighted by molar-refractivity contribution is -0.151. The summed E-state index contributed by atoms with van der Waals surface area (Å²) in [5.41, 5.74) is 3.81. The van der Waals surface area contributed by atoms with Gasteiger partial charge >= 0.3 is 5.97 Å². The molecule has 0 aromatic heterocycles. The number of nitrogens with zero attached hydrogens (tertiary/aromatic N) is 1. The number of esters is 1. The van der Waals surface area contributed by atoms with Gasteiger partial charge in [0.2, 0.25) is 15.9 Å². The van der Waals surface area contributed by atoms with Crippen LogP contribution in [-0.2, 0) is 29.1 Å². The monoisotopic (exact) mass is 483 g/mol. The molecule has 0 fully saturated rings. The van der Waals surface area contributed by atoms with Crippen molar-refractivity contribution in [3.8, 4) is 0 Å². The Labute approximate surface area is 197 Å². The van der Waals surface area contributed by atoms with Gasteiger partial charge in [0.25, 0.3) is 5.91 Å². The highest BCUT2D eigenvalue weighted by atomic mass is 32.2. The van der Waals surface area contributed by atoms with E-state index >= 15 is 0 Å². The molecule has 0 aliphatic rings. The fraction of sp³-hybridized carbons (Fsp3) is 0.609. The first-order chi connectivity index (χ1) is 15.0. The van der Waals surface area contributed by atoms with Crippen molar-refractivity contribution in [1.82, 2.24) is 14.9 Å². The molecular weight excluding hydrogens is 446 g/mol. The number of benzene rings is 1. The van der Waals surface area contributed by atoms with Gasteiger partial charge in [0.15, 0.2) is 6.61 Å². The lowest BCUT2D eigenvalue weighted by atomic mass is 9.95. The lowest BCUT2D eigenvalue weighted by Crippen LogP contribution is -2.46. The number of carbonyl (C=O) groups is 3. The average Bonchev–Trinajstić information content (AvgIpc) is 2.67. The molecule has 9 nitrogen and oxygen atoms in total. The molecule has 0 radical (unpaired) electrons. The van der Waals surface area contributed by atoms with Crippen LogP contribution in [0, 0.1) is 34.6 Å². The van der Waals surface area contributed by atoms with Gasteiger partial charge in [-0.05, 0) is 83.2 Å². The molecule has 1 aromatic carbocycles. The summed E-state index contributed by atoms with van der Waals surface area (Å²) in [7, 11) is -2.40. The van der Waals surface area contributed by atoms with Crippen molar-refractivity contribution in [3.63, 3.8) is 0 Å². The van der Waals surface area contributed by atoms with Gasteiger partial charge in [-0.3, -0.25) is 14.4 Å². The van der Waals surface area contributed by atoms with Crippen LogP contribution in [0.15, 0.2) is 4.90 Å². The molecule has 0 spiro atoms. The van der Waals surface area contributed by atoms with E-state index in [1.807, 2.05) is 41.5 Å². The van der Waals surface area contributed by atoms with E-state index in [2.05, 4.69) is 10.0 Å². The second-order valence-electron chi connectivity index (χ2n) is 9.31. The van der Waals surface area contributed by atoms with Gasteiger partial charge in [-0.25, -0.2) is 13.1 Å². The molecule has 0 atom stereocenters. The maximum Gasteiger partial charge on any atom is 0.307 e. The van der Waals surface area contributed by atoms with E-state index in [0.29, 0.717) is 11.1 Å². The summed E-state index contributed by atoms with van der Waals surface area (Å²) >= 11 is 0. The number of hydrogen-bond donors (Lipinski definition) is 2. The molecule has 0 bridgehead atoms. The molecule has 2 amide bonds. The third kappa shape index (κ3) is 8.12. The molecule has 2 N–H and O–H groups in total. The molecule has 1 aromatic rings. The Balaban J connectivity index is 2.61. The van der Waals surface area contributed by atoms with Crippen molar-refractivity contribution in [1.29, 1.82) is 0 Å². The number of amides is 2. The molecular formula is C23H37N3O6S. The number of likely N-dealkylation sites (N-methyl/N-ethyl adjacent to an activating group) is 1. The van der Waals surface area contributed by atoms with Crippen molar-refractivity contribution in [2.75, 3.05) is 26.7 Å². The molecule has 186 valence electrons. The summed E-state index contributed by atoms with van der Waals surface area (Å²) in [5.74, 6) is -1.58. The fourth-order valence-electron chi connectivity index (χ4n) is 3.31. The minimum absolute atomic E-state index is 0.163. The Morgan fingerprint density at radius 2 is 1.39 bits per heavy atom. The standard InChI is InChI=1S/C23H37N3O6S/c1-14-15(2)17(4)22(18(5)16(14)3)33(30,31)24-11-10-21(29)32-13-20(28)26(9)12-19(27)25-23(6,7)8/h24H,10-13H2,1-9H3,(H,25,27). The Morgan fingerprint density at radius 3 is 1.88 bits per heavy atom. The van der Waals surface area contributed by atoms with E-state index in [4.69, 9.17) is 4.74 Å². The van der Waals surface area contributed by atoms with E-state index in [0.717, 1.165) is 21.6 Å². The van der Waals surface area contributed by atoms with Crippen LogP contribution in [-0.4, -0.2) is 63.4 Å². The Kier molecular flexibility index (Phi) is 9.62. The number of rotatable bonds is 9. The second kappa shape index (κ2) is 11.1. The third-order valence-corrected chi connectivity index (χ3v) is 7.23. The highest BCUT2D eigenvalue weighted by Gasteiger charge is 2.24. The molecule has 10 heteroatoms. The van der Waals surface area contributed by atoms with E-state index in [9.17, 15) is 22.8 Å². The van der Waals surface area contributed by atoms with Crippen molar-refractivity contribution in [3.05, 3.63) is 27.8 Å². The smallest absolute Gasteiger partial charge is 0.307 e. The molecule has 0 saturated heterocycles. The third-order valence-electron chi connectivity index (χ3n) is 5.50. The summed E-state index contributed by atoms with van der Waals surface area (Å²) in [6, 6.07) is 0. The number of carbonyl (C=O) groups excluding carboxylic acids is 3. The van der Waals surface area contributed by atoms with E-state index in [-0.39, 0.29) is 30.3 Å². The first kappa shape index (κ1) is 28.6. The highest BCUT2D eigenvalue weighted by molar-refractivity contribution is 7.89. The zero-order chi connectivity index (χ0) is 25.7. The van der Waals surface area contributed by atoms with E-state index < -0.39 is 34.0 Å². The van der Waals surface area contributed by atoms with Gasteiger partial charge in [0.1, 0.15) is 0 Å². The van der Waals surface area contributed by atoms with Gasteiger partial charge in [-0.15, -0.1) is 0 Å². The molecule has 33 heavy (non-hydrogen) atoms. The second-order valence-corrected chi connectivity index (χ2v) is 11.0. The zero-order valence-corrected chi connectivity index (χ0v) is 21.9. The summed E-state index contributed by atoms with van der Waals surface area (Å²) in [6.07, 6.45) is -0.233.